The average molecular weight is 566 g/mol. The zero-order valence-corrected chi connectivity index (χ0v) is 22.1. The molecule has 0 aliphatic heterocycles. The smallest absolute Gasteiger partial charge is 0.388 e. The van der Waals surface area contributed by atoms with Crippen molar-refractivity contribution in [3.05, 3.63) is 87.7 Å². The van der Waals surface area contributed by atoms with Crippen LogP contribution in [0.5, 0.6) is 0 Å². The van der Waals surface area contributed by atoms with E-state index >= 15 is 4.39 Å². The fourth-order valence-electron chi connectivity index (χ4n) is 6.24. The lowest BCUT2D eigenvalue weighted by molar-refractivity contribution is -0.138. The van der Waals surface area contributed by atoms with Crippen LogP contribution in [-0.4, -0.2) is 10.1 Å². The Morgan fingerprint density at radius 1 is 0.850 bits per heavy atom. The van der Waals surface area contributed by atoms with Gasteiger partial charge in [0.25, 0.3) is 0 Å². The standard InChI is InChI=1S/C31H30F7NO/c1-29(2)15-22-25(23(40)16-29)24(17-7-11-20(12-8-17)30(33,34)35)26(28(39-22)19-5-3-4-6-19)27(32)18-9-13-21(14-10-18)31(36,37)38/h7-14,19,23,27,40H,3-6,15-16H2,1-2H3/t23-,27-/m0/s1. The van der Waals surface area contributed by atoms with Crippen molar-refractivity contribution in [2.75, 3.05) is 0 Å². The Kier molecular flexibility index (Phi) is 7.26. The number of benzene rings is 2. The minimum atomic E-state index is -4.59. The second-order valence-corrected chi connectivity index (χ2v) is 11.7. The minimum absolute atomic E-state index is 0.0206. The van der Waals surface area contributed by atoms with Gasteiger partial charge in [-0.3, -0.25) is 4.98 Å². The average Bonchev–Trinajstić information content (AvgIpc) is 3.41. The first-order chi connectivity index (χ1) is 18.7. The van der Waals surface area contributed by atoms with Crippen molar-refractivity contribution in [3.63, 3.8) is 0 Å². The SMILES string of the molecule is CC1(C)Cc2nc(C3CCCC3)c([C@@H](F)c3ccc(C(F)(F)F)cc3)c(-c3ccc(C(F)(F)F)cc3)c2[C@@H](O)C1. The highest BCUT2D eigenvalue weighted by atomic mass is 19.4. The summed E-state index contributed by atoms with van der Waals surface area (Å²) < 4.78 is 96.4. The van der Waals surface area contributed by atoms with Crippen molar-refractivity contribution in [3.8, 4) is 11.1 Å². The van der Waals surface area contributed by atoms with Gasteiger partial charge in [0.1, 0.15) is 0 Å². The predicted octanol–water partition coefficient (Wildman–Crippen LogP) is 9.51. The molecule has 2 nitrogen and oxygen atoms in total. The fraction of sp³-hybridized carbons (Fsp3) is 0.452. The molecule has 0 bridgehead atoms. The number of nitrogens with zero attached hydrogens (tertiary/aromatic N) is 1. The zero-order valence-electron chi connectivity index (χ0n) is 22.1. The summed E-state index contributed by atoms with van der Waals surface area (Å²) in [6.45, 7) is 3.98. The van der Waals surface area contributed by atoms with Crippen molar-refractivity contribution in [2.45, 2.75) is 82.9 Å². The third kappa shape index (κ3) is 5.49. The summed E-state index contributed by atoms with van der Waals surface area (Å²) in [4.78, 5) is 4.93. The van der Waals surface area contributed by atoms with E-state index in [1.807, 2.05) is 13.8 Å². The molecule has 9 heteroatoms. The van der Waals surface area contributed by atoms with Crippen LogP contribution in [0.25, 0.3) is 11.1 Å². The van der Waals surface area contributed by atoms with Gasteiger partial charge < -0.3 is 5.11 Å². The number of hydrogen-bond acceptors (Lipinski definition) is 2. The maximum Gasteiger partial charge on any atom is 0.416 e. The van der Waals surface area contributed by atoms with Gasteiger partial charge in [0.2, 0.25) is 0 Å². The maximum atomic E-state index is 16.7. The molecule has 1 aromatic heterocycles. The first kappa shape index (κ1) is 28.6. The van der Waals surface area contributed by atoms with Gasteiger partial charge in [-0.15, -0.1) is 0 Å². The van der Waals surface area contributed by atoms with Crippen molar-refractivity contribution in [1.82, 2.24) is 4.98 Å². The van der Waals surface area contributed by atoms with Crippen LogP contribution in [0, 0.1) is 5.41 Å². The summed E-state index contributed by atoms with van der Waals surface area (Å²) in [7, 11) is 0. The fourth-order valence-corrected chi connectivity index (χ4v) is 6.24. The zero-order chi connectivity index (χ0) is 29.0. The lowest BCUT2D eigenvalue weighted by atomic mass is 9.71. The van der Waals surface area contributed by atoms with Gasteiger partial charge in [0.15, 0.2) is 6.17 Å². The molecule has 2 atom stereocenters. The van der Waals surface area contributed by atoms with E-state index in [-0.39, 0.29) is 28.0 Å². The molecule has 5 rings (SSSR count). The number of hydrogen-bond donors (Lipinski definition) is 1. The summed E-state index contributed by atoms with van der Waals surface area (Å²) in [5.41, 5.74) is 0.0368. The lowest BCUT2D eigenvalue weighted by Gasteiger charge is -2.37. The van der Waals surface area contributed by atoms with Crippen molar-refractivity contribution >= 4 is 0 Å². The first-order valence-corrected chi connectivity index (χ1v) is 13.4. The Balaban J connectivity index is 1.77. The Labute approximate surface area is 228 Å². The molecule has 3 aromatic rings. The van der Waals surface area contributed by atoms with Crippen LogP contribution in [0.4, 0.5) is 30.7 Å². The second-order valence-electron chi connectivity index (χ2n) is 11.7. The summed E-state index contributed by atoms with van der Waals surface area (Å²) >= 11 is 0. The third-order valence-corrected chi connectivity index (χ3v) is 8.13. The molecule has 2 aromatic carbocycles. The molecule has 0 spiro atoms. The number of aliphatic hydroxyl groups excluding tert-OH is 1. The van der Waals surface area contributed by atoms with E-state index in [1.54, 1.807) is 0 Å². The predicted molar refractivity (Wildman–Crippen MR) is 137 cm³/mol. The Morgan fingerprint density at radius 2 is 1.38 bits per heavy atom. The van der Waals surface area contributed by atoms with Crippen molar-refractivity contribution < 1.29 is 35.8 Å². The lowest BCUT2D eigenvalue weighted by Crippen LogP contribution is -2.29. The Morgan fingerprint density at radius 3 is 1.90 bits per heavy atom. The molecule has 1 N–H and O–H groups in total. The van der Waals surface area contributed by atoms with E-state index in [1.165, 1.54) is 12.1 Å². The molecule has 0 amide bonds. The van der Waals surface area contributed by atoms with E-state index in [4.69, 9.17) is 4.98 Å². The quantitative estimate of drug-likeness (QED) is 0.320. The topological polar surface area (TPSA) is 33.1 Å². The summed E-state index contributed by atoms with van der Waals surface area (Å²) in [5.74, 6) is -0.108. The van der Waals surface area contributed by atoms with Crippen LogP contribution >= 0.6 is 0 Å². The minimum Gasteiger partial charge on any atom is -0.388 e. The molecule has 0 unspecified atom stereocenters. The van der Waals surface area contributed by atoms with E-state index < -0.39 is 35.8 Å². The van der Waals surface area contributed by atoms with Crippen LogP contribution in [0.15, 0.2) is 48.5 Å². The van der Waals surface area contributed by atoms with Gasteiger partial charge in [-0.1, -0.05) is 51.0 Å². The van der Waals surface area contributed by atoms with Crippen LogP contribution in [0.3, 0.4) is 0 Å². The van der Waals surface area contributed by atoms with E-state index in [0.29, 0.717) is 35.4 Å². The monoisotopic (exact) mass is 565 g/mol. The molecular weight excluding hydrogens is 535 g/mol. The molecule has 1 heterocycles. The van der Waals surface area contributed by atoms with Crippen LogP contribution in [0.2, 0.25) is 0 Å². The molecule has 2 aliphatic rings. The van der Waals surface area contributed by atoms with Gasteiger partial charge in [-0.25, -0.2) is 4.39 Å². The highest BCUT2D eigenvalue weighted by Gasteiger charge is 2.40. The molecule has 1 saturated carbocycles. The van der Waals surface area contributed by atoms with Crippen molar-refractivity contribution in [2.24, 2.45) is 5.41 Å². The normalized spacial score (nSPS) is 20.4. The Hall–Kier alpha value is -2.94. The van der Waals surface area contributed by atoms with Gasteiger partial charge in [-0.05, 0) is 72.1 Å². The van der Waals surface area contributed by atoms with Crippen LogP contribution in [-0.2, 0) is 18.8 Å². The summed E-state index contributed by atoms with van der Waals surface area (Å²) in [5, 5.41) is 11.3. The number of aromatic nitrogens is 1. The number of aliphatic hydroxyl groups is 1. The van der Waals surface area contributed by atoms with Gasteiger partial charge in [-0.2, -0.15) is 26.3 Å². The molecule has 214 valence electrons. The van der Waals surface area contributed by atoms with E-state index in [2.05, 4.69) is 0 Å². The largest absolute Gasteiger partial charge is 0.416 e. The highest BCUT2D eigenvalue weighted by Crippen LogP contribution is 2.51. The Bertz CT molecular complexity index is 1370. The van der Waals surface area contributed by atoms with E-state index in [9.17, 15) is 31.4 Å². The first-order valence-electron chi connectivity index (χ1n) is 13.4. The molecular formula is C31H30F7NO. The molecule has 0 radical (unpaired) electrons. The summed E-state index contributed by atoms with van der Waals surface area (Å²) in [6, 6.07) is 8.19. The number of alkyl halides is 7. The van der Waals surface area contributed by atoms with Gasteiger partial charge in [0.05, 0.1) is 22.9 Å². The van der Waals surface area contributed by atoms with Crippen LogP contribution < -0.4 is 0 Å². The van der Waals surface area contributed by atoms with Gasteiger partial charge >= 0.3 is 12.4 Å². The third-order valence-electron chi connectivity index (χ3n) is 8.13. The molecule has 1 fully saturated rings. The highest BCUT2D eigenvalue weighted by molar-refractivity contribution is 5.75. The van der Waals surface area contributed by atoms with Gasteiger partial charge in [0, 0.05) is 22.7 Å². The van der Waals surface area contributed by atoms with Crippen molar-refractivity contribution in [1.29, 1.82) is 0 Å². The number of fused-ring (bicyclic) bond motifs is 1. The summed E-state index contributed by atoms with van der Waals surface area (Å²) in [6.07, 6.45) is -7.97. The molecule has 40 heavy (non-hydrogen) atoms. The maximum absolute atomic E-state index is 16.7. The number of pyridine rings is 1. The number of rotatable bonds is 4. The second kappa shape index (κ2) is 10.2. The number of halogens is 7. The molecule has 0 saturated heterocycles. The molecule has 2 aliphatic carbocycles. The van der Waals surface area contributed by atoms with Crippen LogP contribution in [0.1, 0.15) is 103 Å². The van der Waals surface area contributed by atoms with E-state index in [0.717, 1.165) is 62.1 Å².